The lowest BCUT2D eigenvalue weighted by Crippen LogP contribution is -2.36. The Balaban J connectivity index is 2.57. The number of aromatic nitrogens is 1. The first-order valence-corrected chi connectivity index (χ1v) is 6.32. The maximum Gasteiger partial charge on any atom is 0.224 e. The standard InChI is InChI=1S/C11H19N3OS/c1-4-9(5-12)10(15)14-8(3)11-13-6-7(2)16-11/h6,8-9H,4-5,12H2,1-3H3,(H,14,15). The lowest BCUT2D eigenvalue weighted by molar-refractivity contribution is -0.125. The molecule has 0 saturated heterocycles. The Morgan fingerprint density at radius 3 is 2.81 bits per heavy atom. The van der Waals surface area contributed by atoms with E-state index in [1.165, 1.54) is 0 Å². The zero-order chi connectivity index (χ0) is 12.1. The van der Waals surface area contributed by atoms with Crippen molar-refractivity contribution in [2.24, 2.45) is 11.7 Å². The Morgan fingerprint density at radius 1 is 1.69 bits per heavy atom. The second kappa shape index (κ2) is 5.96. The van der Waals surface area contributed by atoms with Crippen LogP contribution in [0.15, 0.2) is 6.20 Å². The Labute approximate surface area is 100 Å². The highest BCUT2D eigenvalue weighted by atomic mass is 32.1. The minimum Gasteiger partial charge on any atom is -0.347 e. The van der Waals surface area contributed by atoms with Gasteiger partial charge in [0.1, 0.15) is 5.01 Å². The maximum atomic E-state index is 11.8. The molecule has 0 spiro atoms. The molecule has 0 aliphatic rings. The first-order valence-electron chi connectivity index (χ1n) is 5.51. The minimum atomic E-state index is -0.0940. The molecule has 2 unspecified atom stereocenters. The van der Waals surface area contributed by atoms with Crippen LogP contribution in [0.3, 0.4) is 0 Å². The Hall–Kier alpha value is -0.940. The van der Waals surface area contributed by atoms with Gasteiger partial charge in [0.05, 0.1) is 6.04 Å². The van der Waals surface area contributed by atoms with E-state index in [-0.39, 0.29) is 17.9 Å². The smallest absolute Gasteiger partial charge is 0.224 e. The first-order chi connectivity index (χ1) is 7.58. The average molecular weight is 241 g/mol. The van der Waals surface area contributed by atoms with Gasteiger partial charge in [0.15, 0.2) is 0 Å². The van der Waals surface area contributed by atoms with Gasteiger partial charge in [-0.05, 0) is 20.3 Å². The van der Waals surface area contributed by atoms with E-state index in [4.69, 9.17) is 5.73 Å². The number of nitrogens with two attached hydrogens (primary N) is 1. The number of aryl methyl sites for hydroxylation is 1. The zero-order valence-corrected chi connectivity index (χ0v) is 10.8. The third-order valence-electron chi connectivity index (χ3n) is 2.52. The molecular formula is C11H19N3OS. The molecule has 0 aliphatic heterocycles. The number of carbonyl (C=O) groups excluding carboxylic acids is 1. The van der Waals surface area contributed by atoms with E-state index in [0.29, 0.717) is 6.54 Å². The molecule has 3 N–H and O–H groups in total. The lowest BCUT2D eigenvalue weighted by Gasteiger charge is -2.16. The molecular weight excluding hydrogens is 222 g/mol. The molecule has 0 radical (unpaired) electrons. The Kier molecular flexibility index (Phi) is 4.89. The molecule has 0 fully saturated rings. The van der Waals surface area contributed by atoms with Crippen molar-refractivity contribution in [2.75, 3.05) is 6.54 Å². The Bertz CT molecular complexity index is 347. The van der Waals surface area contributed by atoms with E-state index in [9.17, 15) is 4.79 Å². The summed E-state index contributed by atoms with van der Waals surface area (Å²) in [5, 5.41) is 3.88. The molecule has 16 heavy (non-hydrogen) atoms. The molecule has 0 saturated carbocycles. The summed E-state index contributed by atoms with van der Waals surface area (Å²) in [7, 11) is 0. The summed E-state index contributed by atoms with van der Waals surface area (Å²) in [6, 6.07) is -0.0354. The summed E-state index contributed by atoms with van der Waals surface area (Å²) >= 11 is 1.61. The lowest BCUT2D eigenvalue weighted by atomic mass is 10.1. The largest absolute Gasteiger partial charge is 0.347 e. The molecule has 0 aliphatic carbocycles. The van der Waals surface area contributed by atoms with Crippen LogP contribution in [0.25, 0.3) is 0 Å². The molecule has 90 valence electrons. The summed E-state index contributed by atoms with van der Waals surface area (Å²) in [5.41, 5.74) is 5.53. The molecule has 0 bridgehead atoms. The van der Waals surface area contributed by atoms with Gasteiger partial charge in [-0.25, -0.2) is 4.98 Å². The van der Waals surface area contributed by atoms with Gasteiger partial charge in [-0.2, -0.15) is 0 Å². The van der Waals surface area contributed by atoms with Gasteiger partial charge in [-0.15, -0.1) is 11.3 Å². The van der Waals surface area contributed by atoms with Gasteiger partial charge < -0.3 is 11.1 Å². The molecule has 1 aromatic heterocycles. The van der Waals surface area contributed by atoms with E-state index in [1.54, 1.807) is 11.3 Å². The van der Waals surface area contributed by atoms with Crippen LogP contribution >= 0.6 is 11.3 Å². The number of amides is 1. The van der Waals surface area contributed by atoms with Crippen LogP contribution in [-0.2, 0) is 4.79 Å². The Morgan fingerprint density at radius 2 is 2.38 bits per heavy atom. The van der Waals surface area contributed by atoms with Gasteiger partial charge in [0.2, 0.25) is 5.91 Å². The predicted octanol–water partition coefficient (Wildman–Crippen LogP) is 1.61. The second-order valence-corrected chi connectivity index (χ2v) is 5.15. The predicted molar refractivity (Wildman–Crippen MR) is 66.2 cm³/mol. The SMILES string of the molecule is CCC(CN)C(=O)NC(C)c1ncc(C)s1. The minimum absolute atomic E-state index is 0.0188. The van der Waals surface area contributed by atoms with Crippen LogP contribution < -0.4 is 11.1 Å². The highest BCUT2D eigenvalue weighted by molar-refractivity contribution is 7.11. The van der Waals surface area contributed by atoms with Crippen LogP contribution in [0.5, 0.6) is 0 Å². The third-order valence-corrected chi connectivity index (χ3v) is 3.61. The van der Waals surface area contributed by atoms with Crippen molar-refractivity contribution in [1.29, 1.82) is 0 Å². The van der Waals surface area contributed by atoms with Crippen molar-refractivity contribution in [3.05, 3.63) is 16.1 Å². The number of thiazole rings is 1. The summed E-state index contributed by atoms with van der Waals surface area (Å²) in [4.78, 5) is 17.2. The summed E-state index contributed by atoms with van der Waals surface area (Å²) in [6.07, 6.45) is 2.59. The third kappa shape index (κ3) is 3.28. The van der Waals surface area contributed by atoms with E-state index in [1.807, 2.05) is 27.0 Å². The van der Waals surface area contributed by atoms with Crippen LogP contribution in [0, 0.1) is 12.8 Å². The summed E-state index contributed by atoms with van der Waals surface area (Å²) < 4.78 is 0. The molecule has 1 rings (SSSR count). The molecule has 4 nitrogen and oxygen atoms in total. The van der Waals surface area contributed by atoms with Gasteiger partial charge in [0, 0.05) is 23.5 Å². The van der Waals surface area contributed by atoms with E-state index in [0.717, 1.165) is 16.3 Å². The van der Waals surface area contributed by atoms with Crippen LogP contribution in [-0.4, -0.2) is 17.4 Å². The average Bonchev–Trinajstić information content (AvgIpc) is 2.66. The van der Waals surface area contributed by atoms with Crippen LogP contribution in [0.4, 0.5) is 0 Å². The second-order valence-electron chi connectivity index (χ2n) is 3.88. The molecule has 2 atom stereocenters. The molecule has 1 amide bonds. The molecule has 1 heterocycles. The highest BCUT2D eigenvalue weighted by Gasteiger charge is 2.18. The van der Waals surface area contributed by atoms with Crippen molar-refractivity contribution < 1.29 is 4.79 Å². The normalized spacial score (nSPS) is 14.5. The maximum absolute atomic E-state index is 11.8. The number of rotatable bonds is 5. The van der Waals surface area contributed by atoms with Gasteiger partial charge in [-0.1, -0.05) is 6.92 Å². The number of nitrogens with one attached hydrogen (secondary N) is 1. The fraction of sp³-hybridized carbons (Fsp3) is 0.636. The number of carbonyl (C=O) groups is 1. The summed E-state index contributed by atoms with van der Waals surface area (Å²) in [6.45, 7) is 6.31. The fourth-order valence-electron chi connectivity index (χ4n) is 1.42. The van der Waals surface area contributed by atoms with Crippen molar-refractivity contribution >= 4 is 17.2 Å². The summed E-state index contributed by atoms with van der Waals surface area (Å²) in [5.74, 6) is -0.0751. The quantitative estimate of drug-likeness (QED) is 0.823. The van der Waals surface area contributed by atoms with E-state index in [2.05, 4.69) is 10.3 Å². The molecule has 0 aromatic carbocycles. The van der Waals surface area contributed by atoms with Crippen LogP contribution in [0.2, 0.25) is 0 Å². The number of nitrogens with zero attached hydrogens (tertiary/aromatic N) is 1. The van der Waals surface area contributed by atoms with Crippen molar-refractivity contribution in [2.45, 2.75) is 33.2 Å². The molecule has 1 aromatic rings. The van der Waals surface area contributed by atoms with Crippen LogP contribution in [0.1, 0.15) is 36.2 Å². The van der Waals surface area contributed by atoms with Gasteiger partial charge in [0.25, 0.3) is 0 Å². The highest BCUT2D eigenvalue weighted by Crippen LogP contribution is 2.19. The monoisotopic (exact) mass is 241 g/mol. The number of hydrogen-bond donors (Lipinski definition) is 2. The fourth-order valence-corrected chi connectivity index (χ4v) is 2.20. The number of hydrogen-bond acceptors (Lipinski definition) is 4. The van der Waals surface area contributed by atoms with Crippen molar-refractivity contribution in [1.82, 2.24) is 10.3 Å². The topological polar surface area (TPSA) is 68.0 Å². The molecule has 5 heteroatoms. The van der Waals surface area contributed by atoms with E-state index < -0.39 is 0 Å². The van der Waals surface area contributed by atoms with Gasteiger partial charge in [-0.3, -0.25) is 4.79 Å². The van der Waals surface area contributed by atoms with E-state index >= 15 is 0 Å². The van der Waals surface area contributed by atoms with Gasteiger partial charge >= 0.3 is 0 Å². The van der Waals surface area contributed by atoms with Crippen molar-refractivity contribution in [3.8, 4) is 0 Å². The van der Waals surface area contributed by atoms with Crippen molar-refractivity contribution in [3.63, 3.8) is 0 Å². The first kappa shape index (κ1) is 13.1. The zero-order valence-electron chi connectivity index (χ0n) is 9.99.